The van der Waals surface area contributed by atoms with Gasteiger partial charge < -0.3 is 10.6 Å². The second-order valence-corrected chi connectivity index (χ2v) is 5.31. The number of amides is 1. The number of hydrogen-bond donors (Lipinski definition) is 2. The average molecular weight is 343 g/mol. The van der Waals surface area contributed by atoms with Crippen molar-refractivity contribution in [3.63, 3.8) is 0 Å². The third kappa shape index (κ3) is 3.85. The summed E-state index contributed by atoms with van der Waals surface area (Å²) in [5.41, 5.74) is 0.750. The summed E-state index contributed by atoms with van der Waals surface area (Å²) >= 11 is 5.78. The standard InChI is InChI=1S/C17H12ClFN4O/c18-12-7-5-11(6-8-12)17(24)21-16-10-9-15(22-23-16)20-14-4-2-1-3-13(14)19/h1-10H,(H,20,22)(H,21,23,24). The predicted octanol–water partition coefficient (Wildman–Crippen LogP) is 4.27. The van der Waals surface area contributed by atoms with Gasteiger partial charge >= 0.3 is 0 Å². The van der Waals surface area contributed by atoms with Crippen LogP contribution in [0.25, 0.3) is 0 Å². The first kappa shape index (κ1) is 15.9. The van der Waals surface area contributed by atoms with E-state index < -0.39 is 0 Å². The molecule has 0 spiro atoms. The predicted molar refractivity (Wildman–Crippen MR) is 91.1 cm³/mol. The third-order valence-electron chi connectivity index (χ3n) is 3.15. The van der Waals surface area contributed by atoms with Crippen LogP contribution in [0.15, 0.2) is 60.7 Å². The number of nitrogens with zero attached hydrogens (tertiary/aromatic N) is 2. The Kier molecular flexibility index (Phi) is 4.67. The van der Waals surface area contributed by atoms with Gasteiger partial charge in [0.25, 0.3) is 5.91 Å². The van der Waals surface area contributed by atoms with Gasteiger partial charge in [0.1, 0.15) is 5.82 Å². The van der Waals surface area contributed by atoms with E-state index >= 15 is 0 Å². The van der Waals surface area contributed by atoms with Crippen molar-refractivity contribution in [1.29, 1.82) is 0 Å². The molecule has 0 aliphatic heterocycles. The Morgan fingerprint density at radius 3 is 2.25 bits per heavy atom. The quantitative estimate of drug-likeness (QED) is 0.743. The fourth-order valence-corrected chi connectivity index (χ4v) is 2.08. The number of aromatic nitrogens is 2. The minimum atomic E-state index is -0.389. The van der Waals surface area contributed by atoms with E-state index in [-0.39, 0.29) is 17.5 Å². The van der Waals surface area contributed by atoms with Crippen LogP contribution in [0.5, 0.6) is 0 Å². The van der Waals surface area contributed by atoms with Gasteiger partial charge in [-0.2, -0.15) is 0 Å². The maximum atomic E-state index is 13.6. The second-order valence-electron chi connectivity index (χ2n) is 4.87. The molecule has 2 aromatic carbocycles. The molecule has 7 heteroatoms. The summed E-state index contributed by atoms with van der Waals surface area (Å²) in [7, 11) is 0. The molecule has 0 saturated carbocycles. The van der Waals surface area contributed by atoms with E-state index in [2.05, 4.69) is 20.8 Å². The number of halogens is 2. The second kappa shape index (κ2) is 7.06. The molecule has 0 radical (unpaired) electrons. The Morgan fingerprint density at radius 2 is 1.58 bits per heavy atom. The first-order valence-electron chi connectivity index (χ1n) is 7.04. The SMILES string of the molecule is O=C(Nc1ccc(Nc2ccccc2F)nn1)c1ccc(Cl)cc1. The first-order chi connectivity index (χ1) is 11.6. The van der Waals surface area contributed by atoms with E-state index in [1.165, 1.54) is 6.07 Å². The Labute approximate surface area is 142 Å². The highest BCUT2D eigenvalue weighted by Crippen LogP contribution is 2.18. The number of para-hydroxylation sites is 1. The zero-order chi connectivity index (χ0) is 16.9. The van der Waals surface area contributed by atoms with Crippen LogP contribution in [0, 0.1) is 5.82 Å². The monoisotopic (exact) mass is 342 g/mol. The van der Waals surface area contributed by atoms with Crippen molar-refractivity contribution in [2.75, 3.05) is 10.6 Å². The molecule has 1 amide bonds. The van der Waals surface area contributed by atoms with Crippen molar-refractivity contribution >= 4 is 34.8 Å². The van der Waals surface area contributed by atoms with Crippen LogP contribution in [0.3, 0.4) is 0 Å². The maximum Gasteiger partial charge on any atom is 0.256 e. The molecule has 3 aromatic rings. The lowest BCUT2D eigenvalue weighted by Gasteiger charge is -2.07. The van der Waals surface area contributed by atoms with Crippen molar-refractivity contribution in [1.82, 2.24) is 10.2 Å². The number of carbonyl (C=O) groups is 1. The van der Waals surface area contributed by atoms with Crippen molar-refractivity contribution in [2.45, 2.75) is 0 Å². The van der Waals surface area contributed by atoms with Gasteiger partial charge in [-0.15, -0.1) is 10.2 Å². The van der Waals surface area contributed by atoms with Crippen LogP contribution in [0.2, 0.25) is 5.02 Å². The molecular weight excluding hydrogens is 331 g/mol. The Morgan fingerprint density at radius 1 is 0.917 bits per heavy atom. The average Bonchev–Trinajstić information content (AvgIpc) is 2.59. The van der Waals surface area contributed by atoms with Crippen LogP contribution >= 0.6 is 11.6 Å². The number of nitrogens with one attached hydrogen (secondary N) is 2. The molecule has 120 valence electrons. The van der Waals surface area contributed by atoms with Gasteiger partial charge in [-0.05, 0) is 48.5 Å². The molecule has 0 saturated heterocycles. The highest BCUT2D eigenvalue weighted by atomic mass is 35.5. The minimum absolute atomic E-state index is 0.286. The smallest absolute Gasteiger partial charge is 0.256 e. The van der Waals surface area contributed by atoms with Crippen molar-refractivity contribution in [2.24, 2.45) is 0 Å². The summed E-state index contributed by atoms with van der Waals surface area (Å²) in [6.07, 6.45) is 0. The molecule has 1 heterocycles. The fraction of sp³-hybridized carbons (Fsp3) is 0. The number of benzene rings is 2. The van der Waals surface area contributed by atoms with E-state index in [1.807, 2.05) is 0 Å². The van der Waals surface area contributed by atoms with Gasteiger partial charge in [-0.1, -0.05) is 23.7 Å². The van der Waals surface area contributed by atoms with E-state index in [9.17, 15) is 9.18 Å². The van der Waals surface area contributed by atoms with Crippen LogP contribution < -0.4 is 10.6 Å². The zero-order valence-corrected chi connectivity index (χ0v) is 13.1. The van der Waals surface area contributed by atoms with Gasteiger partial charge in [0.15, 0.2) is 11.6 Å². The summed E-state index contributed by atoms with van der Waals surface area (Å²) in [6, 6.07) is 15.9. The van der Waals surface area contributed by atoms with Gasteiger partial charge in [-0.25, -0.2) is 4.39 Å². The lowest BCUT2D eigenvalue weighted by Crippen LogP contribution is -2.13. The zero-order valence-electron chi connectivity index (χ0n) is 12.3. The first-order valence-corrected chi connectivity index (χ1v) is 7.42. The normalized spacial score (nSPS) is 10.2. The molecule has 24 heavy (non-hydrogen) atoms. The van der Waals surface area contributed by atoms with Crippen molar-refractivity contribution < 1.29 is 9.18 Å². The van der Waals surface area contributed by atoms with E-state index in [4.69, 9.17) is 11.6 Å². The number of hydrogen-bond acceptors (Lipinski definition) is 4. The molecular formula is C17H12ClFN4O. The topological polar surface area (TPSA) is 66.9 Å². The molecule has 1 aromatic heterocycles. The van der Waals surface area contributed by atoms with E-state index in [1.54, 1.807) is 54.6 Å². The Bertz CT molecular complexity index is 853. The number of anilines is 3. The van der Waals surface area contributed by atoms with Gasteiger partial charge in [-0.3, -0.25) is 4.79 Å². The lowest BCUT2D eigenvalue weighted by atomic mass is 10.2. The summed E-state index contributed by atoms with van der Waals surface area (Å²) < 4.78 is 13.6. The molecule has 3 rings (SSSR count). The van der Waals surface area contributed by atoms with Crippen LogP contribution in [0.4, 0.5) is 21.7 Å². The Hall–Kier alpha value is -2.99. The van der Waals surface area contributed by atoms with E-state index in [0.29, 0.717) is 22.1 Å². The highest BCUT2D eigenvalue weighted by molar-refractivity contribution is 6.30. The summed E-state index contributed by atoms with van der Waals surface area (Å²) in [4.78, 5) is 12.1. The summed E-state index contributed by atoms with van der Waals surface area (Å²) in [5, 5.41) is 13.8. The highest BCUT2D eigenvalue weighted by Gasteiger charge is 2.08. The Balaban J connectivity index is 1.67. The lowest BCUT2D eigenvalue weighted by molar-refractivity contribution is 0.102. The molecule has 0 aliphatic carbocycles. The minimum Gasteiger partial charge on any atom is -0.336 e. The van der Waals surface area contributed by atoms with Crippen LogP contribution in [-0.4, -0.2) is 16.1 Å². The molecule has 0 aliphatic rings. The number of carbonyl (C=O) groups excluding carboxylic acids is 1. The molecule has 2 N–H and O–H groups in total. The molecule has 0 unspecified atom stereocenters. The van der Waals surface area contributed by atoms with E-state index in [0.717, 1.165) is 0 Å². The number of rotatable bonds is 4. The molecule has 0 fully saturated rings. The summed E-state index contributed by atoms with van der Waals surface area (Å²) in [6.45, 7) is 0. The van der Waals surface area contributed by atoms with Crippen LogP contribution in [0.1, 0.15) is 10.4 Å². The third-order valence-corrected chi connectivity index (χ3v) is 3.40. The summed E-state index contributed by atoms with van der Waals surface area (Å²) in [5.74, 6) is -0.0613. The van der Waals surface area contributed by atoms with Gasteiger partial charge in [0.05, 0.1) is 5.69 Å². The van der Waals surface area contributed by atoms with Crippen LogP contribution in [-0.2, 0) is 0 Å². The van der Waals surface area contributed by atoms with Gasteiger partial charge in [0.2, 0.25) is 0 Å². The fourth-order valence-electron chi connectivity index (χ4n) is 1.96. The maximum absolute atomic E-state index is 13.6. The van der Waals surface area contributed by atoms with Gasteiger partial charge in [0, 0.05) is 10.6 Å². The molecule has 0 atom stereocenters. The van der Waals surface area contributed by atoms with Crippen molar-refractivity contribution in [3.8, 4) is 0 Å². The van der Waals surface area contributed by atoms with Crippen molar-refractivity contribution in [3.05, 3.63) is 77.1 Å². The largest absolute Gasteiger partial charge is 0.336 e. The molecule has 5 nitrogen and oxygen atoms in total. The molecule has 0 bridgehead atoms.